The minimum Gasteiger partial charge on any atom is -0.469 e. The highest BCUT2D eigenvalue weighted by Gasteiger charge is 2.06. The summed E-state index contributed by atoms with van der Waals surface area (Å²) >= 11 is 0. The third kappa shape index (κ3) is 4.54. The summed E-state index contributed by atoms with van der Waals surface area (Å²) in [6.07, 6.45) is 0.414. The van der Waals surface area contributed by atoms with Crippen LogP contribution in [0.4, 0.5) is 0 Å². The van der Waals surface area contributed by atoms with Gasteiger partial charge in [0.25, 0.3) is 0 Å². The molecule has 0 aromatic heterocycles. The van der Waals surface area contributed by atoms with Gasteiger partial charge >= 0.3 is 5.97 Å². The van der Waals surface area contributed by atoms with Gasteiger partial charge in [0.2, 0.25) is 0 Å². The van der Waals surface area contributed by atoms with Crippen LogP contribution in [0.5, 0.6) is 0 Å². The van der Waals surface area contributed by atoms with Crippen LogP contribution >= 0.6 is 0 Å². The van der Waals surface area contributed by atoms with Gasteiger partial charge in [0, 0.05) is 19.6 Å². The lowest BCUT2D eigenvalue weighted by Gasteiger charge is -2.17. The maximum Gasteiger partial charge on any atom is 0.306 e. The van der Waals surface area contributed by atoms with Crippen molar-refractivity contribution in [3.63, 3.8) is 0 Å². The number of ether oxygens (including phenoxy) is 1. The molecule has 4 heteroatoms. The lowest BCUT2D eigenvalue weighted by Crippen LogP contribution is -2.22. The lowest BCUT2D eigenvalue weighted by atomic mass is 10.1. The van der Waals surface area contributed by atoms with Crippen molar-refractivity contribution in [2.45, 2.75) is 19.5 Å². The van der Waals surface area contributed by atoms with Gasteiger partial charge in [-0.15, -0.1) is 0 Å². The molecule has 0 saturated heterocycles. The maximum atomic E-state index is 11.0. The predicted molar refractivity (Wildman–Crippen MR) is 67.3 cm³/mol. The minimum absolute atomic E-state index is 0.177. The van der Waals surface area contributed by atoms with Crippen LogP contribution in [0.3, 0.4) is 0 Å². The molecule has 0 bridgehead atoms. The van der Waals surface area contributed by atoms with E-state index >= 15 is 0 Å². The van der Waals surface area contributed by atoms with Gasteiger partial charge in [-0.3, -0.25) is 4.79 Å². The highest BCUT2D eigenvalue weighted by molar-refractivity contribution is 5.69. The molecule has 17 heavy (non-hydrogen) atoms. The van der Waals surface area contributed by atoms with Crippen LogP contribution in [0.15, 0.2) is 24.3 Å². The average molecular weight is 236 g/mol. The maximum absolute atomic E-state index is 11.0. The first-order valence-corrected chi connectivity index (χ1v) is 5.69. The molecule has 2 N–H and O–H groups in total. The van der Waals surface area contributed by atoms with Gasteiger partial charge in [-0.25, -0.2) is 0 Å². The fourth-order valence-corrected chi connectivity index (χ4v) is 1.66. The second-order valence-corrected chi connectivity index (χ2v) is 4.04. The highest BCUT2D eigenvalue weighted by atomic mass is 16.5. The zero-order valence-corrected chi connectivity index (χ0v) is 10.5. The van der Waals surface area contributed by atoms with Crippen LogP contribution in [0, 0.1) is 0 Å². The summed E-state index contributed by atoms with van der Waals surface area (Å²) in [6.45, 7) is 2.02. The van der Waals surface area contributed by atoms with Crippen LogP contribution in [-0.2, 0) is 22.6 Å². The minimum atomic E-state index is -0.177. The Morgan fingerprint density at radius 2 is 2.00 bits per heavy atom. The second-order valence-electron chi connectivity index (χ2n) is 4.04. The molecule has 0 radical (unpaired) electrons. The van der Waals surface area contributed by atoms with Crippen molar-refractivity contribution in [2.24, 2.45) is 5.73 Å². The van der Waals surface area contributed by atoms with Gasteiger partial charge in [-0.2, -0.15) is 0 Å². The van der Waals surface area contributed by atoms with Gasteiger partial charge < -0.3 is 15.4 Å². The third-order valence-corrected chi connectivity index (χ3v) is 2.70. The summed E-state index contributed by atoms with van der Waals surface area (Å²) < 4.78 is 4.61. The largest absolute Gasteiger partial charge is 0.469 e. The molecule has 1 rings (SSSR count). The van der Waals surface area contributed by atoms with Crippen LogP contribution in [0.2, 0.25) is 0 Å². The fraction of sp³-hybridized carbons (Fsp3) is 0.462. The van der Waals surface area contributed by atoms with Crippen molar-refractivity contribution in [1.29, 1.82) is 0 Å². The van der Waals surface area contributed by atoms with E-state index in [4.69, 9.17) is 5.73 Å². The molecule has 0 spiro atoms. The molecule has 1 aromatic carbocycles. The quantitative estimate of drug-likeness (QED) is 0.753. The molecule has 1 aromatic rings. The van der Waals surface area contributed by atoms with E-state index in [-0.39, 0.29) is 5.97 Å². The van der Waals surface area contributed by atoms with Crippen molar-refractivity contribution in [3.8, 4) is 0 Å². The van der Waals surface area contributed by atoms with E-state index in [1.54, 1.807) is 0 Å². The Morgan fingerprint density at radius 1 is 1.35 bits per heavy atom. The molecule has 0 heterocycles. The molecule has 0 aliphatic rings. The lowest BCUT2D eigenvalue weighted by molar-refractivity contribution is -0.140. The molecular formula is C13H20N2O2. The standard InChI is InChI=1S/C13H20N2O2/c1-15(8-7-13(16)17-2)10-12-6-4-3-5-11(12)9-14/h3-6H,7-10,14H2,1-2H3. The van der Waals surface area contributed by atoms with Crippen molar-refractivity contribution in [1.82, 2.24) is 4.90 Å². The van der Waals surface area contributed by atoms with Crippen molar-refractivity contribution in [3.05, 3.63) is 35.4 Å². The number of methoxy groups -OCH3 is 1. The number of nitrogens with zero attached hydrogens (tertiary/aromatic N) is 1. The van der Waals surface area contributed by atoms with Crippen molar-refractivity contribution < 1.29 is 9.53 Å². The Labute approximate surface area is 102 Å². The summed E-state index contributed by atoms with van der Waals surface area (Å²) in [6, 6.07) is 8.09. The number of rotatable bonds is 6. The Balaban J connectivity index is 2.50. The first-order valence-electron chi connectivity index (χ1n) is 5.69. The molecule has 0 atom stereocenters. The van der Waals surface area contributed by atoms with Crippen LogP contribution in [0.25, 0.3) is 0 Å². The SMILES string of the molecule is COC(=O)CCN(C)Cc1ccccc1CN. The van der Waals surface area contributed by atoms with Gasteiger partial charge in [-0.05, 0) is 18.2 Å². The Kier molecular flexibility index (Phi) is 5.66. The zero-order valence-electron chi connectivity index (χ0n) is 10.5. The second kappa shape index (κ2) is 7.04. The number of hydrogen-bond acceptors (Lipinski definition) is 4. The topological polar surface area (TPSA) is 55.6 Å². The zero-order chi connectivity index (χ0) is 12.7. The molecule has 0 unspecified atom stereocenters. The molecule has 0 amide bonds. The first kappa shape index (κ1) is 13.7. The first-order chi connectivity index (χ1) is 8.17. The van der Waals surface area contributed by atoms with Gasteiger partial charge in [0.05, 0.1) is 13.5 Å². The Hall–Kier alpha value is -1.39. The van der Waals surface area contributed by atoms with Gasteiger partial charge in [0.15, 0.2) is 0 Å². The molecule has 94 valence electrons. The molecule has 0 aliphatic heterocycles. The normalized spacial score (nSPS) is 10.6. The van der Waals surface area contributed by atoms with Crippen LogP contribution in [0.1, 0.15) is 17.5 Å². The van der Waals surface area contributed by atoms with Crippen molar-refractivity contribution >= 4 is 5.97 Å². The summed E-state index contributed by atoms with van der Waals surface area (Å²) in [5.41, 5.74) is 8.04. The van der Waals surface area contributed by atoms with Crippen LogP contribution in [-0.4, -0.2) is 31.6 Å². The molecule has 4 nitrogen and oxygen atoms in total. The number of esters is 1. The monoisotopic (exact) mass is 236 g/mol. The van der Waals surface area contributed by atoms with E-state index in [1.165, 1.54) is 12.7 Å². The Morgan fingerprint density at radius 3 is 2.59 bits per heavy atom. The average Bonchev–Trinajstić information content (AvgIpc) is 2.36. The summed E-state index contributed by atoms with van der Waals surface area (Å²) in [4.78, 5) is 13.1. The fourth-order valence-electron chi connectivity index (χ4n) is 1.66. The van der Waals surface area contributed by atoms with Crippen molar-refractivity contribution in [2.75, 3.05) is 20.7 Å². The number of nitrogens with two attached hydrogens (primary N) is 1. The van der Waals surface area contributed by atoms with E-state index < -0.39 is 0 Å². The molecular weight excluding hydrogens is 216 g/mol. The van der Waals surface area contributed by atoms with Gasteiger partial charge in [-0.1, -0.05) is 24.3 Å². The summed E-state index contributed by atoms with van der Waals surface area (Å²) in [7, 11) is 3.39. The van der Waals surface area contributed by atoms with Crippen LogP contribution < -0.4 is 5.73 Å². The Bertz CT molecular complexity index is 366. The highest BCUT2D eigenvalue weighted by Crippen LogP contribution is 2.10. The van der Waals surface area contributed by atoms with Gasteiger partial charge in [0.1, 0.15) is 0 Å². The number of benzene rings is 1. The number of hydrogen-bond donors (Lipinski definition) is 1. The number of carbonyl (C=O) groups excluding carboxylic acids is 1. The van der Waals surface area contributed by atoms with E-state index in [1.807, 2.05) is 25.2 Å². The van der Waals surface area contributed by atoms with E-state index in [2.05, 4.69) is 15.7 Å². The molecule has 0 saturated carbocycles. The smallest absolute Gasteiger partial charge is 0.306 e. The molecule has 0 fully saturated rings. The predicted octanol–water partition coefficient (Wildman–Crippen LogP) is 1.14. The summed E-state index contributed by atoms with van der Waals surface area (Å²) in [5, 5.41) is 0. The van der Waals surface area contributed by atoms with E-state index in [0.29, 0.717) is 19.5 Å². The van der Waals surface area contributed by atoms with E-state index in [9.17, 15) is 4.79 Å². The summed E-state index contributed by atoms with van der Waals surface area (Å²) in [5.74, 6) is -0.177. The van der Waals surface area contributed by atoms with E-state index in [0.717, 1.165) is 12.1 Å². The molecule has 0 aliphatic carbocycles. The number of carbonyl (C=O) groups is 1. The third-order valence-electron chi connectivity index (χ3n) is 2.70.